The summed E-state index contributed by atoms with van der Waals surface area (Å²) in [4.78, 5) is 15.1. The molecule has 0 radical (unpaired) electrons. The van der Waals surface area contributed by atoms with Crippen molar-refractivity contribution >= 4 is 27.3 Å². The predicted molar refractivity (Wildman–Crippen MR) is 132 cm³/mol. The Labute approximate surface area is 199 Å². The van der Waals surface area contributed by atoms with Crippen LogP contribution in [0.25, 0.3) is 0 Å². The molecule has 4 rings (SSSR count). The first-order chi connectivity index (χ1) is 16.3. The number of sulfonamides is 1. The van der Waals surface area contributed by atoms with Crippen molar-refractivity contribution in [2.75, 3.05) is 23.3 Å². The van der Waals surface area contributed by atoms with Crippen molar-refractivity contribution in [3.8, 4) is 0 Å². The van der Waals surface area contributed by atoms with E-state index in [0.29, 0.717) is 5.69 Å². The van der Waals surface area contributed by atoms with E-state index in [2.05, 4.69) is 14.9 Å². The van der Waals surface area contributed by atoms with Crippen molar-refractivity contribution in [2.45, 2.75) is 37.1 Å². The van der Waals surface area contributed by atoms with Gasteiger partial charge in [0.2, 0.25) is 15.9 Å². The van der Waals surface area contributed by atoms with Crippen LogP contribution in [0.2, 0.25) is 0 Å². The molecule has 0 bridgehead atoms. The Bertz CT molecular complexity index is 1260. The first kappa shape index (κ1) is 23.9. The minimum absolute atomic E-state index is 0.116. The van der Waals surface area contributed by atoms with Crippen LogP contribution in [-0.2, 0) is 21.2 Å². The molecule has 178 valence electrons. The highest BCUT2D eigenvalue weighted by Crippen LogP contribution is 2.26. The minimum Gasteiger partial charge on any atom is -0.372 e. The van der Waals surface area contributed by atoms with Gasteiger partial charge in [-0.1, -0.05) is 42.5 Å². The summed E-state index contributed by atoms with van der Waals surface area (Å²) >= 11 is 0. The van der Waals surface area contributed by atoms with Crippen molar-refractivity contribution < 1.29 is 17.6 Å². The van der Waals surface area contributed by atoms with Gasteiger partial charge in [0.25, 0.3) is 0 Å². The number of anilines is 2. The molecule has 0 spiro atoms. The maximum Gasteiger partial charge on any atom is 0.244 e. The lowest BCUT2D eigenvalue weighted by Gasteiger charge is -2.21. The van der Waals surface area contributed by atoms with Crippen LogP contribution in [0.3, 0.4) is 0 Å². The fourth-order valence-electron chi connectivity index (χ4n) is 4.13. The van der Waals surface area contributed by atoms with Gasteiger partial charge in [-0.25, -0.2) is 12.8 Å². The SMILES string of the molecule is Cc1cc(N2CCCC2)ccc1NC(=O)C(Cc1ccccc1)NS(=O)(=O)c1ccccc1F. The van der Waals surface area contributed by atoms with Crippen LogP contribution in [0.15, 0.2) is 77.7 Å². The van der Waals surface area contributed by atoms with E-state index >= 15 is 0 Å². The molecule has 0 aliphatic carbocycles. The number of nitrogens with one attached hydrogen (secondary N) is 2. The molecule has 1 fully saturated rings. The van der Waals surface area contributed by atoms with Gasteiger partial charge in [-0.15, -0.1) is 0 Å². The third-order valence-electron chi connectivity index (χ3n) is 5.96. The summed E-state index contributed by atoms with van der Waals surface area (Å²) in [5, 5.41) is 2.86. The second kappa shape index (κ2) is 10.4. The van der Waals surface area contributed by atoms with Crippen molar-refractivity contribution in [1.29, 1.82) is 0 Å². The number of hydrogen-bond acceptors (Lipinski definition) is 4. The number of aryl methyl sites for hydroxylation is 1. The number of amides is 1. The number of benzene rings is 3. The highest BCUT2D eigenvalue weighted by atomic mass is 32.2. The molecule has 1 unspecified atom stereocenters. The van der Waals surface area contributed by atoms with Crippen LogP contribution in [0.5, 0.6) is 0 Å². The zero-order chi connectivity index (χ0) is 24.1. The second-order valence-electron chi connectivity index (χ2n) is 8.48. The molecular weight excluding hydrogens is 453 g/mol. The molecule has 1 saturated heterocycles. The average molecular weight is 482 g/mol. The van der Waals surface area contributed by atoms with Gasteiger partial charge in [-0.3, -0.25) is 4.79 Å². The van der Waals surface area contributed by atoms with Crippen LogP contribution in [0.1, 0.15) is 24.0 Å². The number of rotatable bonds is 8. The maximum atomic E-state index is 14.2. The smallest absolute Gasteiger partial charge is 0.244 e. The number of halogens is 1. The zero-order valence-electron chi connectivity index (χ0n) is 19.0. The Morgan fingerprint density at radius 1 is 1.00 bits per heavy atom. The summed E-state index contributed by atoms with van der Waals surface area (Å²) < 4.78 is 42.5. The van der Waals surface area contributed by atoms with Gasteiger partial charge < -0.3 is 10.2 Å². The Morgan fingerprint density at radius 3 is 2.35 bits per heavy atom. The molecule has 6 nitrogen and oxygen atoms in total. The summed E-state index contributed by atoms with van der Waals surface area (Å²) in [6.07, 6.45) is 2.45. The Morgan fingerprint density at radius 2 is 1.68 bits per heavy atom. The molecule has 0 saturated carbocycles. The highest BCUT2D eigenvalue weighted by Gasteiger charge is 2.28. The molecule has 1 amide bonds. The molecule has 3 aromatic rings. The monoisotopic (exact) mass is 481 g/mol. The quantitative estimate of drug-likeness (QED) is 0.504. The van der Waals surface area contributed by atoms with Crippen LogP contribution in [0.4, 0.5) is 15.8 Å². The number of carbonyl (C=O) groups is 1. The van der Waals surface area contributed by atoms with E-state index in [1.807, 2.05) is 55.5 Å². The standard InChI is InChI=1S/C26H28FN3O3S/c1-19-17-21(30-15-7-8-16-30)13-14-23(19)28-26(31)24(18-20-9-3-2-4-10-20)29-34(32,33)25-12-6-5-11-22(25)27/h2-6,9-14,17,24,29H,7-8,15-16,18H2,1H3,(H,28,31). The third kappa shape index (κ3) is 5.63. The first-order valence-electron chi connectivity index (χ1n) is 11.3. The summed E-state index contributed by atoms with van der Waals surface area (Å²) in [6, 6.07) is 18.9. The molecule has 1 heterocycles. The van der Waals surface area contributed by atoms with Gasteiger partial charge >= 0.3 is 0 Å². The largest absolute Gasteiger partial charge is 0.372 e. The summed E-state index contributed by atoms with van der Waals surface area (Å²) in [6.45, 7) is 3.94. The summed E-state index contributed by atoms with van der Waals surface area (Å²) in [7, 11) is -4.27. The van der Waals surface area contributed by atoms with E-state index in [0.717, 1.165) is 36.0 Å². The second-order valence-corrected chi connectivity index (χ2v) is 10.2. The predicted octanol–water partition coefficient (Wildman–Crippen LogP) is 4.26. The molecule has 1 aliphatic heterocycles. The molecule has 0 aromatic heterocycles. The van der Waals surface area contributed by atoms with Crippen LogP contribution < -0.4 is 14.9 Å². The van der Waals surface area contributed by atoms with E-state index in [9.17, 15) is 17.6 Å². The lowest BCUT2D eigenvalue weighted by atomic mass is 10.1. The Hall–Kier alpha value is -3.23. The number of carbonyl (C=O) groups excluding carboxylic acids is 1. The lowest BCUT2D eigenvalue weighted by molar-refractivity contribution is -0.117. The fourth-order valence-corrected chi connectivity index (χ4v) is 5.41. The van der Waals surface area contributed by atoms with Gasteiger partial charge in [0.15, 0.2) is 0 Å². The molecule has 8 heteroatoms. The highest BCUT2D eigenvalue weighted by molar-refractivity contribution is 7.89. The molecular formula is C26H28FN3O3S. The number of hydrogen-bond donors (Lipinski definition) is 2. The molecule has 1 atom stereocenters. The Balaban J connectivity index is 1.57. The van der Waals surface area contributed by atoms with Crippen molar-refractivity contribution in [2.24, 2.45) is 0 Å². The van der Waals surface area contributed by atoms with E-state index in [1.54, 1.807) is 0 Å². The molecule has 34 heavy (non-hydrogen) atoms. The third-order valence-corrected chi connectivity index (χ3v) is 7.47. The van der Waals surface area contributed by atoms with Crippen molar-refractivity contribution in [3.05, 3.63) is 89.7 Å². The first-order valence-corrected chi connectivity index (χ1v) is 12.8. The van der Waals surface area contributed by atoms with E-state index in [-0.39, 0.29) is 6.42 Å². The van der Waals surface area contributed by atoms with Gasteiger partial charge in [0.1, 0.15) is 16.8 Å². The fraction of sp³-hybridized carbons (Fsp3) is 0.269. The van der Waals surface area contributed by atoms with Gasteiger partial charge in [0.05, 0.1) is 0 Å². The molecule has 3 aromatic carbocycles. The minimum atomic E-state index is -4.27. The number of nitrogens with zero attached hydrogens (tertiary/aromatic N) is 1. The van der Waals surface area contributed by atoms with Gasteiger partial charge in [0, 0.05) is 24.5 Å². The van der Waals surface area contributed by atoms with E-state index in [4.69, 9.17) is 0 Å². The average Bonchev–Trinajstić information content (AvgIpc) is 3.36. The van der Waals surface area contributed by atoms with Crippen molar-refractivity contribution in [1.82, 2.24) is 4.72 Å². The van der Waals surface area contributed by atoms with E-state index in [1.165, 1.54) is 31.0 Å². The normalized spacial score (nSPS) is 14.7. The maximum absolute atomic E-state index is 14.2. The van der Waals surface area contributed by atoms with Crippen molar-refractivity contribution in [3.63, 3.8) is 0 Å². The van der Waals surface area contributed by atoms with Crippen LogP contribution in [-0.4, -0.2) is 33.5 Å². The van der Waals surface area contributed by atoms with Crippen LogP contribution >= 0.6 is 0 Å². The zero-order valence-corrected chi connectivity index (χ0v) is 19.8. The van der Waals surface area contributed by atoms with E-state index < -0.39 is 32.7 Å². The summed E-state index contributed by atoms with van der Waals surface area (Å²) in [5.41, 5.74) is 3.37. The molecule has 1 aliphatic rings. The molecule has 2 N–H and O–H groups in total. The topological polar surface area (TPSA) is 78.5 Å². The van der Waals surface area contributed by atoms with Crippen LogP contribution in [0, 0.1) is 12.7 Å². The lowest BCUT2D eigenvalue weighted by Crippen LogP contribution is -2.45. The van der Waals surface area contributed by atoms with Gasteiger partial charge in [-0.2, -0.15) is 4.72 Å². The Kier molecular flexibility index (Phi) is 7.29. The summed E-state index contributed by atoms with van der Waals surface area (Å²) in [5.74, 6) is -1.39. The van der Waals surface area contributed by atoms with Gasteiger partial charge in [-0.05, 0) is 67.6 Å².